The fourth-order valence-electron chi connectivity index (χ4n) is 2.30. The molecule has 0 saturated carbocycles. The maximum absolute atomic E-state index is 12.7. The van der Waals surface area contributed by atoms with Gasteiger partial charge >= 0.3 is 0 Å². The third kappa shape index (κ3) is 4.22. The minimum Gasteiger partial charge on any atom is -0.493 e. The van der Waals surface area contributed by atoms with Crippen molar-refractivity contribution in [2.75, 3.05) is 13.7 Å². The second-order valence-corrected chi connectivity index (χ2v) is 6.23. The molecule has 26 heavy (non-hydrogen) atoms. The highest BCUT2D eigenvalue weighted by atomic mass is 35.5. The standard InChI is InChI=1S/C17H16Cl2N4O3/c1-10-12(9-20)16(24)23(6-3-7-26-2)17(25)15(10)22-21-14-8-11(18)4-5-13(14)19/h4-5,8,24H,3,6-7H2,1-2H3. The van der Waals surface area contributed by atoms with Gasteiger partial charge in [0, 0.05) is 30.8 Å². The molecule has 7 nitrogen and oxygen atoms in total. The summed E-state index contributed by atoms with van der Waals surface area (Å²) in [6.07, 6.45) is 0.481. The molecule has 0 unspecified atom stereocenters. The summed E-state index contributed by atoms with van der Waals surface area (Å²) in [5.74, 6) is -0.397. The summed E-state index contributed by atoms with van der Waals surface area (Å²) in [6, 6.07) is 6.56. The molecule has 0 aliphatic heterocycles. The smallest absolute Gasteiger partial charge is 0.281 e. The van der Waals surface area contributed by atoms with Crippen molar-refractivity contribution in [1.29, 1.82) is 5.26 Å². The Morgan fingerprint density at radius 2 is 2.08 bits per heavy atom. The van der Waals surface area contributed by atoms with Crippen LogP contribution in [0, 0.1) is 18.3 Å². The number of halogens is 2. The van der Waals surface area contributed by atoms with Crippen LogP contribution in [0.1, 0.15) is 17.5 Å². The largest absolute Gasteiger partial charge is 0.493 e. The van der Waals surface area contributed by atoms with E-state index in [2.05, 4.69) is 10.2 Å². The Balaban J connectivity index is 2.55. The summed E-state index contributed by atoms with van der Waals surface area (Å²) in [5.41, 5.74) is -0.117. The lowest BCUT2D eigenvalue weighted by molar-refractivity contribution is 0.188. The second-order valence-electron chi connectivity index (χ2n) is 5.38. The van der Waals surface area contributed by atoms with Gasteiger partial charge in [0.1, 0.15) is 17.3 Å². The van der Waals surface area contributed by atoms with Crippen molar-refractivity contribution in [2.24, 2.45) is 10.2 Å². The lowest BCUT2D eigenvalue weighted by Gasteiger charge is -2.12. The number of hydrogen-bond donors (Lipinski definition) is 1. The lowest BCUT2D eigenvalue weighted by Crippen LogP contribution is -2.22. The summed E-state index contributed by atoms with van der Waals surface area (Å²) >= 11 is 12.0. The average Bonchev–Trinajstić information content (AvgIpc) is 2.61. The summed E-state index contributed by atoms with van der Waals surface area (Å²) in [4.78, 5) is 12.7. The Kier molecular flexibility index (Phi) is 6.75. The van der Waals surface area contributed by atoms with Crippen LogP contribution in [0.5, 0.6) is 5.88 Å². The van der Waals surface area contributed by atoms with Crippen LogP contribution in [-0.2, 0) is 11.3 Å². The van der Waals surface area contributed by atoms with Gasteiger partial charge in [-0.2, -0.15) is 5.26 Å². The lowest BCUT2D eigenvalue weighted by atomic mass is 10.1. The van der Waals surface area contributed by atoms with E-state index in [0.717, 1.165) is 4.57 Å². The molecular formula is C17H16Cl2N4O3. The van der Waals surface area contributed by atoms with Crippen LogP contribution in [0.2, 0.25) is 10.0 Å². The van der Waals surface area contributed by atoms with E-state index in [4.69, 9.17) is 27.9 Å². The Labute approximate surface area is 160 Å². The number of ether oxygens (including phenoxy) is 1. The monoisotopic (exact) mass is 394 g/mol. The van der Waals surface area contributed by atoms with Gasteiger partial charge in [0.05, 0.1) is 5.02 Å². The van der Waals surface area contributed by atoms with Gasteiger partial charge in [0.25, 0.3) is 5.56 Å². The third-order valence-electron chi connectivity index (χ3n) is 3.67. The number of rotatable bonds is 6. The predicted octanol–water partition coefficient (Wildman–Crippen LogP) is 4.49. The van der Waals surface area contributed by atoms with Crippen LogP contribution in [-0.4, -0.2) is 23.4 Å². The summed E-state index contributed by atoms with van der Waals surface area (Å²) in [7, 11) is 1.53. The van der Waals surface area contributed by atoms with Gasteiger partial charge in [-0.3, -0.25) is 9.36 Å². The first kappa shape index (κ1) is 19.9. The minimum atomic E-state index is -0.558. The van der Waals surface area contributed by atoms with E-state index in [9.17, 15) is 15.2 Å². The molecular weight excluding hydrogens is 379 g/mol. The van der Waals surface area contributed by atoms with E-state index in [0.29, 0.717) is 23.1 Å². The van der Waals surface area contributed by atoms with Gasteiger partial charge in [-0.15, -0.1) is 10.2 Å². The van der Waals surface area contributed by atoms with Gasteiger partial charge in [0.15, 0.2) is 5.69 Å². The van der Waals surface area contributed by atoms with Crippen molar-refractivity contribution in [3.05, 3.63) is 49.7 Å². The summed E-state index contributed by atoms with van der Waals surface area (Å²) in [6.45, 7) is 2.09. The zero-order chi connectivity index (χ0) is 19.3. The van der Waals surface area contributed by atoms with Gasteiger partial charge in [-0.1, -0.05) is 23.2 Å². The van der Waals surface area contributed by atoms with Crippen LogP contribution in [0.4, 0.5) is 11.4 Å². The van der Waals surface area contributed by atoms with Gasteiger partial charge < -0.3 is 9.84 Å². The minimum absolute atomic E-state index is 0.0341. The van der Waals surface area contributed by atoms with Crippen LogP contribution in [0.15, 0.2) is 33.2 Å². The second kappa shape index (κ2) is 8.81. The number of azo groups is 1. The zero-order valence-electron chi connectivity index (χ0n) is 14.2. The maximum atomic E-state index is 12.7. The number of aromatic hydroxyl groups is 1. The van der Waals surface area contributed by atoms with Crippen molar-refractivity contribution in [1.82, 2.24) is 4.57 Å². The molecule has 0 bridgehead atoms. The summed E-state index contributed by atoms with van der Waals surface area (Å²) < 4.78 is 6.03. The first-order chi connectivity index (χ1) is 12.4. The van der Waals surface area contributed by atoms with Gasteiger partial charge in [-0.05, 0) is 31.5 Å². The van der Waals surface area contributed by atoms with Crippen LogP contribution in [0.3, 0.4) is 0 Å². The maximum Gasteiger partial charge on any atom is 0.281 e. The third-order valence-corrected chi connectivity index (χ3v) is 4.22. The molecule has 0 aliphatic rings. The highest BCUT2D eigenvalue weighted by molar-refractivity contribution is 6.35. The number of aromatic nitrogens is 1. The number of pyridine rings is 1. The summed E-state index contributed by atoms with van der Waals surface area (Å²) in [5, 5.41) is 28.2. The molecule has 2 rings (SSSR count). The van der Waals surface area contributed by atoms with E-state index < -0.39 is 11.4 Å². The van der Waals surface area contributed by atoms with Crippen molar-refractivity contribution >= 4 is 34.6 Å². The molecule has 0 fully saturated rings. The van der Waals surface area contributed by atoms with Crippen molar-refractivity contribution < 1.29 is 9.84 Å². The molecule has 1 aromatic carbocycles. The quantitative estimate of drug-likeness (QED) is 0.575. The van der Waals surface area contributed by atoms with Crippen molar-refractivity contribution in [2.45, 2.75) is 19.9 Å². The van der Waals surface area contributed by atoms with Crippen molar-refractivity contribution in [3.63, 3.8) is 0 Å². The number of methoxy groups -OCH3 is 1. The van der Waals surface area contributed by atoms with Gasteiger partial charge in [0.2, 0.25) is 5.88 Å². The zero-order valence-corrected chi connectivity index (χ0v) is 15.7. The van der Waals surface area contributed by atoms with E-state index in [1.807, 2.05) is 6.07 Å². The predicted molar refractivity (Wildman–Crippen MR) is 98.9 cm³/mol. The Morgan fingerprint density at radius 3 is 2.73 bits per heavy atom. The molecule has 0 atom stereocenters. The van der Waals surface area contributed by atoms with E-state index in [1.54, 1.807) is 12.1 Å². The Hall–Kier alpha value is -2.40. The first-order valence-electron chi connectivity index (χ1n) is 7.62. The van der Waals surface area contributed by atoms with E-state index >= 15 is 0 Å². The molecule has 9 heteroatoms. The molecule has 2 aromatic rings. The average molecular weight is 395 g/mol. The SMILES string of the molecule is COCCCn1c(O)c(C#N)c(C)c(N=Nc2cc(Cl)ccc2Cl)c1=O. The van der Waals surface area contributed by atoms with E-state index in [-0.39, 0.29) is 29.0 Å². The highest BCUT2D eigenvalue weighted by Gasteiger charge is 2.19. The normalized spacial score (nSPS) is 11.0. The molecule has 0 radical (unpaired) electrons. The number of nitriles is 1. The van der Waals surface area contributed by atoms with Crippen molar-refractivity contribution in [3.8, 4) is 11.9 Å². The number of nitrogens with zero attached hydrogens (tertiary/aromatic N) is 4. The Morgan fingerprint density at radius 1 is 1.35 bits per heavy atom. The number of benzene rings is 1. The topological polar surface area (TPSA) is 100.0 Å². The molecule has 1 aromatic heterocycles. The van der Waals surface area contributed by atoms with Gasteiger partial charge in [-0.25, -0.2) is 0 Å². The molecule has 0 aliphatic carbocycles. The van der Waals surface area contributed by atoms with Crippen LogP contribution < -0.4 is 5.56 Å². The Bertz CT molecular complexity index is 948. The molecule has 1 N–H and O–H groups in total. The van der Waals surface area contributed by atoms with Crippen LogP contribution in [0.25, 0.3) is 0 Å². The first-order valence-corrected chi connectivity index (χ1v) is 8.38. The fourth-order valence-corrected chi connectivity index (χ4v) is 2.62. The molecule has 0 saturated heterocycles. The number of hydrogen-bond acceptors (Lipinski definition) is 6. The van der Waals surface area contributed by atoms with Crippen LogP contribution >= 0.6 is 23.2 Å². The molecule has 136 valence electrons. The highest BCUT2D eigenvalue weighted by Crippen LogP contribution is 2.31. The fraction of sp³-hybridized carbons (Fsp3) is 0.294. The van der Waals surface area contributed by atoms with E-state index in [1.165, 1.54) is 20.1 Å². The molecule has 0 spiro atoms. The molecule has 0 amide bonds. The molecule has 1 heterocycles.